The second-order valence-electron chi connectivity index (χ2n) is 11.9. The Hall–Kier alpha value is -4.04. The lowest BCUT2D eigenvalue weighted by atomic mass is 9.92. The molecule has 5 rings (SSSR count). The number of aromatic nitrogens is 2. The highest BCUT2D eigenvalue weighted by molar-refractivity contribution is 6.06. The van der Waals surface area contributed by atoms with Gasteiger partial charge in [-0.1, -0.05) is 44.5 Å². The fourth-order valence-corrected chi connectivity index (χ4v) is 5.50. The minimum absolute atomic E-state index is 0.0216. The fraction of sp³-hybridized carbons (Fsp3) is 0.429. The van der Waals surface area contributed by atoms with Gasteiger partial charge in [0.1, 0.15) is 17.2 Å². The van der Waals surface area contributed by atoms with E-state index in [1.54, 1.807) is 13.0 Å². The van der Waals surface area contributed by atoms with Gasteiger partial charge in [0.15, 0.2) is 5.82 Å². The molecule has 1 aromatic heterocycles. The number of benzene rings is 2. The first kappa shape index (κ1) is 30.4. The van der Waals surface area contributed by atoms with Crippen LogP contribution in [-0.4, -0.2) is 70.1 Å². The van der Waals surface area contributed by atoms with Gasteiger partial charge in [0.25, 0.3) is 0 Å². The van der Waals surface area contributed by atoms with Crippen molar-refractivity contribution in [3.63, 3.8) is 0 Å². The van der Waals surface area contributed by atoms with Gasteiger partial charge in [-0.15, -0.1) is 0 Å². The van der Waals surface area contributed by atoms with Crippen molar-refractivity contribution in [1.29, 1.82) is 5.41 Å². The Kier molecular flexibility index (Phi) is 9.87. The molecular formula is C35H44N6O2. The zero-order valence-electron chi connectivity index (χ0n) is 25.9. The third-order valence-electron chi connectivity index (χ3n) is 8.63. The van der Waals surface area contributed by atoms with Gasteiger partial charge in [-0.3, -0.25) is 9.69 Å². The summed E-state index contributed by atoms with van der Waals surface area (Å²) >= 11 is 0. The molecule has 1 saturated carbocycles. The second-order valence-corrected chi connectivity index (χ2v) is 11.9. The maximum atomic E-state index is 13.1. The van der Waals surface area contributed by atoms with Crippen LogP contribution in [0.2, 0.25) is 0 Å². The largest absolute Gasteiger partial charge is 0.457 e. The number of hydrogen-bond donors (Lipinski definition) is 1. The molecule has 8 heteroatoms. The predicted octanol–water partition coefficient (Wildman–Crippen LogP) is 7.29. The van der Waals surface area contributed by atoms with Gasteiger partial charge >= 0.3 is 0 Å². The summed E-state index contributed by atoms with van der Waals surface area (Å²) in [4.78, 5) is 22.2. The molecule has 2 fully saturated rings. The number of carbonyl (C=O) groups is 1. The third-order valence-corrected chi connectivity index (χ3v) is 8.63. The van der Waals surface area contributed by atoms with Crippen LogP contribution < -0.4 is 4.74 Å². The number of rotatable bonds is 12. The summed E-state index contributed by atoms with van der Waals surface area (Å²) in [6.07, 6.45) is 11.2. The standard InChI is InChI=1S/C35H44N6O2/c1-5-25(2)23-37-35-33(26(3)36)34(27-16-18-31(19-17-27)43-30-13-7-6-8-14-30)38-41(35)29-20-22-40(24-29)32(42)15-10-21-39(4)28-11-9-12-28/h6-8,10,13-19,23,25,28-29,36H,5,9,11-12,20-22,24H2,1-4H3. The zero-order valence-corrected chi connectivity index (χ0v) is 25.9. The Morgan fingerprint density at radius 2 is 1.86 bits per heavy atom. The average molecular weight is 581 g/mol. The highest BCUT2D eigenvalue weighted by atomic mass is 16.5. The Morgan fingerprint density at radius 1 is 1.14 bits per heavy atom. The second kappa shape index (κ2) is 14.0. The molecular weight excluding hydrogens is 536 g/mol. The van der Waals surface area contributed by atoms with Crippen molar-refractivity contribution in [2.24, 2.45) is 10.9 Å². The molecule has 3 aromatic rings. The number of nitrogens with one attached hydrogen (secondary N) is 1. The zero-order chi connectivity index (χ0) is 30.3. The SMILES string of the molecule is CCC(C)C=Nc1c(C(C)=N)c(-c2ccc(Oc3ccccc3)cc2)nn1C1CCN(C(=O)C=CCN(C)C2CCC2)C1. The van der Waals surface area contributed by atoms with Crippen LogP contribution in [0.25, 0.3) is 11.3 Å². The Labute approximate surface area is 255 Å². The lowest BCUT2D eigenvalue weighted by Gasteiger charge is -2.33. The van der Waals surface area contributed by atoms with Crippen LogP contribution in [0, 0.1) is 11.3 Å². The molecule has 2 aliphatic rings. The number of ether oxygens (including phenoxy) is 1. The van der Waals surface area contributed by atoms with E-state index in [1.165, 1.54) is 19.3 Å². The number of hydrogen-bond acceptors (Lipinski definition) is 6. The van der Waals surface area contributed by atoms with Crippen molar-refractivity contribution in [3.05, 3.63) is 72.3 Å². The van der Waals surface area contributed by atoms with E-state index in [0.717, 1.165) is 47.7 Å². The van der Waals surface area contributed by atoms with E-state index in [0.29, 0.717) is 36.6 Å². The maximum absolute atomic E-state index is 13.1. The summed E-state index contributed by atoms with van der Waals surface area (Å²) in [6, 6.07) is 18.1. The number of amides is 1. The molecule has 226 valence electrons. The van der Waals surface area contributed by atoms with Gasteiger partial charge in [0.2, 0.25) is 5.91 Å². The van der Waals surface area contributed by atoms with E-state index in [9.17, 15) is 4.79 Å². The molecule has 1 N–H and O–H groups in total. The molecule has 2 atom stereocenters. The molecule has 2 heterocycles. The maximum Gasteiger partial charge on any atom is 0.246 e. The van der Waals surface area contributed by atoms with E-state index in [1.807, 2.05) is 76.5 Å². The van der Waals surface area contributed by atoms with Crippen LogP contribution >= 0.6 is 0 Å². The minimum atomic E-state index is -0.0216. The van der Waals surface area contributed by atoms with Crippen LogP contribution in [0.5, 0.6) is 11.5 Å². The number of likely N-dealkylation sites (N-methyl/N-ethyl adjacent to an activating group) is 1. The molecule has 2 aromatic carbocycles. The van der Waals surface area contributed by atoms with Crippen LogP contribution in [0.3, 0.4) is 0 Å². The molecule has 1 aliphatic heterocycles. The summed E-state index contributed by atoms with van der Waals surface area (Å²) in [7, 11) is 2.13. The molecule has 43 heavy (non-hydrogen) atoms. The van der Waals surface area contributed by atoms with E-state index in [4.69, 9.17) is 20.2 Å². The van der Waals surface area contributed by atoms with Gasteiger partial charge in [0.05, 0.1) is 11.6 Å². The monoisotopic (exact) mass is 580 g/mol. The smallest absolute Gasteiger partial charge is 0.246 e. The average Bonchev–Trinajstić information content (AvgIpc) is 3.61. The first-order valence-electron chi connectivity index (χ1n) is 15.5. The van der Waals surface area contributed by atoms with Crippen LogP contribution in [-0.2, 0) is 4.79 Å². The first-order chi connectivity index (χ1) is 20.8. The lowest BCUT2D eigenvalue weighted by molar-refractivity contribution is -0.125. The topological polar surface area (TPSA) is 86.8 Å². The predicted molar refractivity (Wildman–Crippen MR) is 174 cm³/mol. The van der Waals surface area contributed by atoms with Gasteiger partial charge in [0, 0.05) is 49.2 Å². The van der Waals surface area contributed by atoms with Gasteiger partial charge < -0.3 is 15.0 Å². The van der Waals surface area contributed by atoms with Crippen LogP contribution in [0.15, 0.2) is 71.7 Å². The number of likely N-dealkylation sites (tertiary alicyclic amines) is 1. The Morgan fingerprint density at radius 3 is 2.51 bits per heavy atom. The van der Waals surface area contributed by atoms with Crippen molar-refractivity contribution in [3.8, 4) is 22.8 Å². The molecule has 0 radical (unpaired) electrons. The highest BCUT2D eigenvalue weighted by Crippen LogP contribution is 2.37. The van der Waals surface area contributed by atoms with Crippen molar-refractivity contribution in [1.82, 2.24) is 19.6 Å². The summed E-state index contributed by atoms with van der Waals surface area (Å²) in [5.74, 6) is 2.53. The van der Waals surface area contributed by atoms with E-state index < -0.39 is 0 Å². The van der Waals surface area contributed by atoms with E-state index >= 15 is 0 Å². The van der Waals surface area contributed by atoms with Crippen molar-refractivity contribution in [2.45, 2.75) is 65.0 Å². The normalized spacial score (nSPS) is 18.1. The number of aliphatic imine (C=N–C) groups is 1. The molecule has 8 nitrogen and oxygen atoms in total. The third kappa shape index (κ3) is 7.31. The van der Waals surface area contributed by atoms with Crippen LogP contribution in [0.1, 0.15) is 64.5 Å². The molecule has 0 bridgehead atoms. The van der Waals surface area contributed by atoms with Crippen molar-refractivity contribution < 1.29 is 9.53 Å². The quantitative estimate of drug-likeness (QED) is 0.180. The van der Waals surface area contributed by atoms with Gasteiger partial charge in [-0.2, -0.15) is 5.10 Å². The van der Waals surface area contributed by atoms with Crippen molar-refractivity contribution >= 4 is 23.7 Å². The Balaban J connectivity index is 1.38. The summed E-state index contributed by atoms with van der Waals surface area (Å²) in [5, 5.41) is 13.8. The molecule has 2 unspecified atom stereocenters. The number of para-hydroxylation sites is 1. The van der Waals surface area contributed by atoms with Crippen LogP contribution in [0.4, 0.5) is 5.82 Å². The van der Waals surface area contributed by atoms with Gasteiger partial charge in [-0.05, 0) is 82.0 Å². The van der Waals surface area contributed by atoms with Crippen molar-refractivity contribution in [2.75, 3.05) is 26.7 Å². The van der Waals surface area contributed by atoms with E-state index in [2.05, 4.69) is 25.8 Å². The van der Waals surface area contributed by atoms with Gasteiger partial charge in [-0.25, -0.2) is 9.67 Å². The minimum Gasteiger partial charge on any atom is -0.457 e. The summed E-state index contributed by atoms with van der Waals surface area (Å²) in [6.45, 7) is 8.09. The highest BCUT2D eigenvalue weighted by Gasteiger charge is 2.31. The summed E-state index contributed by atoms with van der Waals surface area (Å²) < 4.78 is 7.95. The number of nitrogens with zero attached hydrogens (tertiary/aromatic N) is 5. The molecule has 1 saturated heterocycles. The molecule has 1 amide bonds. The Bertz CT molecular complexity index is 1460. The lowest BCUT2D eigenvalue weighted by Crippen LogP contribution is -2.37. The number of carbonyl (C=O) groups excluding carboxylic acids is 1. The molecule has 0 spiro atoms. The fourth-order valence-electron chi connectivity index (χ4n) is 5.50. The molecule has 1 aliphatic carbocycles. The van der Waals surface area contributed by atoms with E-state index in [-0.39, 0.29) is 11.9 Å². The summed E-state index contributed by atoms with van der Waals surface area (Å²) in [5.41, 5.74) is 2.75. The first-order valence-corrected chi connectivity index (χ1v) is 15.5.